The highest BCUT2D eigenvalue weighted by Gasteiger charge is 2.18. The number of fused-ring (bicyclic) bond motifs is 1. The lowest BCUT2D eigenvalue weighted by Crippen LogP contribution is -2.05. The van der Waals surface area contributed by atoms with E-state index in [0.717, 1.165) is 33.9 Å². The number of rotatable bonds is 4. The van der Waals surface area contributed by atoms with Crippen LogP contribution in [0.25, 0.3) is 39.1 Å². The lowest BCUT2D eigenvalue weighted by Gasteiger charge is -2.19. The lowest BCUT2D eigenvalue weighted by molar-refractivity contribution is 0.862. The van der Waals surface area contributed by atoms with Crippen LogP contribution in [0.4, 0.5) is 0 Å². The van der Waals surface area contributed by atoms with Crippen LogP contribution in [0.1, 0.15) is 29.3 Å². The van der Waals surface area contributed by atoms with Gasteiger partial charge in [0.05, 0.1) is 11.6 Å². The summed E-state index contributed by atoms with van der Waals surface area (Å²) in [5.41, 5.74) is 4.83. The van der Waals surface area contributed by atoms with Crippen molar-refractivity contribution in [2.45, 2.75) is 12.3 Å². The Morgan fingerprint density at radius 3 is 1.81 bits per heavy atom. The van der Waals surface area contributed by atoms with Gasteiger partial charge in [0.1, 0.15) is 0 Å². The third-order valence-corrected chi connectivity index (χ3v) is 6.54. The molecule has 36 heavy (non-hydrogen) atoms. The summed E-state index contributed by atoms with van der Waals surface area (Å²) in [4.78, 5) is 14.5. The minimum absolute atomic E-state index is 0.218. The highest BCUT2D eigenvalue weighted by atomic mass is 15.0. The molecule has 1 aliphatic rings. The van der Waals surface area contributed by atoms with Crippen molar-refractivity contribution in [2.75, 3.05) is 0 Å². The predicted molar refractivity (Wildman–Crippen MR) is 144 cm³/mol. The minimum Gasteiger partial charge on any atom is -0.208 e. The third kappa shape index (κ3) is 4.08. The first-order chi connectivity index (χ1) is 17.8. The van der Waals surface area contributed by atoms with Crippen LogP contribution in [0, 0.1) is 11.3 Å². The summed E-state index contributed by atoms with van der Waals surface area (Å²) >= 11 is 0. The monoisotopic (exact) mass is 462 g/mol. The zero-order valence-corrected chi connectivity index (χ0v) is 19.5. The second-order valence-electron chi connectivity index (χ2n) is 8.76. The summed E-state index contributed by atoms with van der Waals surface area (Å²) in [6.07, 6.45) is 7.36. The van der Waals surface area contributed by atoms with Crippen LogP contribution in [0.3, 0.4) is 0 Å². The normalized spacial score (nSPS) is 14.9. The van der Waals surface area contributed by atoms with E-state index in [1.54, 1.807) is 0 Å². The molecular weight excluding hydrogens is 440 g/mol. The molecular formula is C32H22N4. The zero-order chi connectivity index (χ0) is 24.3. The number of hydrogen-bond acceptors (Lipinski definition) is 4. The van der Waals surface area contributed by atoms with Crippen LogP contribution in [-0.2, 0) is 0 Å². The van der Waals surface area contributed by atoms with Gasteiger partial charge in [-0.25, -0.2) is 15.0 Å². The number of hydrogen-bond donors (Lipinski definition) is 0. The van der Waals surface area contributed by atoms with Crippen molar-refractivity contribution in [3.05, 3.63) is 132 Å². The van der Waals surface area contributed by atoms with Crippen molar-refractivity contribution < 1.29 is 0 Å². The number of aromatic nitrogens is 3. The summed E-state index contributed by atoms with van der Waals surface area (Å²) in [5, 5.41) is 11.6. The van der Waals surface area contributed by atoms with Crippen molar-refractivity contribution in [2.24, 2.45) is 0 Å². The molecule has 0 bridgehead atoms. The van der Waals surface area contributed by atoms with Crippen molar-refractivity contribution in [1.82, 2.24) is 15.0 Å². The van der Waals surface area contributed by atoms with Crippen molar-refractivity contribution in [3.63, 3.8) is 0 Å². The summed E-state index contributed by atoms with van der Waals surface area (Å²) in [7, 11) is 0. The highest BCUT2D eigenvalue weighted by Crippen LogP contribution is 2.35. The fourth-order valence-electron chi connectivity index (χ4n) is 4.70. The van der Waals surface area contributed by atoms with Crippen LogP contribution in [0.2, 0.25) is 0 Å². The zero-order valence-electron chi connectivity index (χ0n) is 19.5. The van der Waals surface area contributed by atoms with Gasteiger partial charge in [-0.1, -0.05) is 109 Å². The van der Waals surface area contributed by atoms with E-state index in [4.69, 9.17) is 15.0 Å². The number of benzene rings is 4. The molecule has 0 aliphatic heterocycles. The Morgan fingerprint density at radius 2 is 1.22 bits per heavy atom. The van der Waals surface area contributed by atoms with E-state index < -0.39 is 0 Å². The van der Waals surface area contributed by atoms with E-state index >= 15 is 0 Å². The largest absolute Gasteiger partial charge is 0.208 e. The Morgan fingerprint density at radius 1 is 0.639 bits per heavy atom. The van der Waals surface area contributed by atoms with E-state index in [9.17, 15) is 5.26 Å². The van der Waals surface area contributed by atoms with Gasteiger partial charge >= 0.3 is 0 Å². The van der Waals surface area contributed by atoms with Gasteiger partial charge in [0.2, 0.25) is 0 Å². The van der Waals surface area contributed by atoms with Gasteiger partial charge in [-0.05, 0) is 28.8 Å². The summed E-state index contributed by atoms with van der Waals surface area (Å²) in [5.74, 6) is 2.21. The fraction of sp³-hybridized carbons (Fsp3) is 0.0625. The number of nitriles is 1. The Hall–Kier alpha value is -4.88. The molecule has 0 amide bonds. The molecule has 4 heteroatoms. The van der Waals surface area contributed by atoms with Gasteiger partial charge in [0.25, 0.3) is 0 Å². The summed E-state index contributed by atoms with van der Waals surface area (Å²) in [6, 6.07) is 34.5. The Kier molecular flexibility index (Phi) is 5.65. The first kappa shape index (κ1) is 21.6. The maximum atomic E-state index is 9.51. The smallest absolute Gasteiger partial charge is 0.164 e. The fourth-order valence-corrected chi connectivity index (χ4v) is 4.70. The molecule has 170 valence electrons. The summed E-state index contributed by atoms with van der Waals surface area (Å²) in [6.45, 7) is 0. The van der Waals surface area contributed by atoms with E-state index in [1.807, 2.05) is 84.9 Å². The standard InChI is InChI=1S/C32H22N4/c33-21-26-19-20-28(29-14-8-7-13-27(26)29)22-15-17-25(18-16-22)32-35-30(23-9-3-1-4-10-23)34-31(36-32)24-11-5-2-6-12-24/h1-15,17-20,22H,16H2. The molecule has 0 N–H and O–H groups in total. The first-order valence-corrected chi connectivity index (χ1v) is 12.0. The van der Waals surface area contributed by atoms with Crippen LogP contribution in [-0.4, -0.2) is 15.0 Å². The van der Waals surface area contributed by atoms with E-state index in [2.05, 4.69) is 36.4 Å². The van der Waals surface area contributed by atoms with Crippen LogP contribution in [0.5, 0.6) is 0 Å². The van der Waals surface area contributed by atoms with Crippen LogP contribution < -0.4 is 0 Å². The predicted octanol–water partition coefficient (Wildman–Crippen LogP) is 7.36. The van der Waals surface area contributed by atoms with Crippen molar-refractivity contribution in [3.8, 4) is 28.8 Å². The van der Waals surface area contributed by atoms with Crippen LogP contribution in [0.15, 0.2) is 115 Å². The van der Waals surface area contributed by atoms with Crippen molar-refractivity contribution >= 4 is 16.3 Å². The molecule has 1 heterocycles. The SMILES string of the molecule is N#Cc1ccc(C2C=CC(c3nc(-c4ccccc4)nc(-c4ccccc4)n3)=CC2)c2ccccc12. The van der Waals surface area contributed by atoms with E-state index in [0.29, 0.717) is 23.0 Å². The molecule has 1 atom stereocenters. The van der Waals surface area contributed by atoms with Gasteiger partial charge < -0.3 is 0 Å². The van der Waals surface area contributed by atoms with Gasteiger partial charge in [0, 0.05) is 22.6 Å². The maximum Gasteiger partial charge on any atom is 0.164 e. The first-order valence-electron chi connectivity index (χ1n) is 12.0. The Bertz CT molecular complexity index is 1600. The minimum atomic E-state index is 0.218. The average Bonchev–Trinajstić information content (AvgIpc) is 2.97. The molecule has 5 aromatic rings. The third-order valence-electron chi connectivity index (χ3n) is 6.54. The lowest BCUT2D eigenvalue weighted by atomic mass is 9.86. The number of nitrogens with zero attached hydrogens (tertiary/aromatic N) is 4. The summed E-state index contributed by atoms with van der Waals surface area (Å²) < 4.78 is 0. The Labute approximate surface area is 210 Å². The molecule has 4 aromatic carbocycles. The number of allylic oxidation sites excluding steroid dienone is 4. The molecule has 4 nitrogen and oxygen atoms in total. The van der Waals surface area contributed by atoms with Gasteiger partial charge in [0.15, 0.2) is 17.5 Å². The quantitative estimate of drug-likeness (QED) is 0.280. The van der Waals surface area contributed by atoms with Gasteiger partial charge in [-0.15, -0.1) is 0 Å². The van der Waals surface area contributed by atoms with Crippen LogP contribution >= 0.6 is 0 Å². The van der Waals surface area contributed by atoms with E-state index in [-0.39, 0.29) is 5.92 Å². The molecule has 0 spiro atoms. The second kappa shape index (κ2) is 9.40. The molecule has 0 fully saturated rings. The van der Waals surface area contributed by atoms with Crippen molar-refractivity contribution in [1.29, 1.82) is 5.26 Å². The average molecular weight is 463 g/mol. The Balaban J connectivity index is 1.38. The second-order valence-corrected chi connectivity index (χ2v) is 8.76. The molecule has 0 saturated carbocycles. The molecule has 0 radical (unpaired) electrons. The van der Waals surface area contributed by atoms with Gasteiger partial charge in [-0.3, -0.25) is 0 Å². The highest BCUT2D eigenvalue weighted by molar-refractivity contribution is 5.91. The van der Waals surface area contributed by atoms with Gasteiger partial charge in [-0.2, -0.15) is 5.26 Å². The molecule has 6 rings (SSSR count). The molecule has 0 saturated heterocycles. The topological polar surface area (TPSA) is 62.5 Å². The molecule has 1 aliphatic carbocycles. The molecule has 1 aromatic heterocycles. The molecule has 1 unspecified atom stereocenters. The van der Waals surface area contributed by atoms with E-state index in [1.165, 1.54) is 5.56 Å². The maximum absolute atomic E-state index is 9.51.